The van der Waals surface area contributed by atoms with Crippen molar-refractivity contribution < 1.29 is 29.4 Å². The molecular weight excluding hydrogens is 318 g/mol. The van der Waals surface area contributed by atoms with Crippen LogP contribution in [-0.4, -0.2) is 95.0 Å². The smallest absolute Gasteiger partial charge is 0.328 e. The maximum atomic E-state index is 11.9. The van der Waals surface area contributed by atoms with E-state index in [4.69, 9.17) is 10.2 Å². The summed E-state index contributed by atoms with van der Waals surface area (Å²) in [7, 11) is 2.06. The largest absolute Gasteiger partial charge is 0.478 e. The lowest BCUT2D eigenvalue weighted by molar-refractivity contribution is -0.139. The Morgan fingerprint density at radius 2 is 1.54 bits per heavy atom. The van der Waals surface area contributed by atoms with Gasteiger partial charge in [-0.2, -0.15) is 0 Å². The van der Waals surface area contributed by atoms with Crippen LogP contribution in [0, 0.1) is 0 Å². The second-order valence-electron chi connectivity index (χ2n) is 5.61. The highest BCUT2D eigenvalue weighted by molar-refractivity contribution is 5.89. The summed E-state index contributed by atoms with van der Waals surface area (Å²) in [6, 6.07) is 0. The van der Waals surface area contributed by atoms with Crippen molar-refractivity contribution in [1.82, 2.24) is 14.7 Å². The summed E-state index contributed by atoms with van der Waals surface area (Å²) in [5.41, 5.74) is 0. The molecule has 2 N–H and O–H groups in total. The Hall–Kier alpha value is -2.42. The number of likely N-dealkylation sites (N-methyl/N-ethyl adjacent to an activating group) is 1. The molecule has 0 radical (unpaired) electrons. The van der Waals surface area contributed by atoms with Gasteiger partial charge < -0.3 is 24.9 Å². The summed E-state index contributed by atoms with van der Waals surface area (Å²) in [4.78, 5) is 48.2. The topological polar surface area (TPSA) is 118 Å². The highest BCUT2D eigenvalue weighted by atomic mass is 16.4. The van der Waals surface area contributed by atoms with Crippen LogP contribution < -0.4 is 0 Å². The average Bonchev–Trinajstić information content (AvgIpc) is 2.91. The molecule has 0 aromatic rings. The van der Waals surface area contributed by atoms with Gasteiger partial charge in [0.25, 0.3) is 0 Å². The molecule has 2 fully saturated rings. The Morgan fingerprint density at radius 3 is 1.96 bits per heavy atom. The molecule has 0 aromatic heterocycles. The highest BCUT2D eigenvalue weighted by Gasteiger charge is 2.26. The number of piperazine rings is 1. The number of nitrogens with zero attached hydrogens (tertiary/aromatic N) is 3. The number of carbonyl (C=O) groups is 4. The molecular formula is C15H23N3O6. The first-order valence-corrected chi connectivity index (χ1v) is 7.67. The molecule has 2 aliphatic heterocycles. The molecule has 0 aromatic carbocycles. The van der Waals surface area contributed by atoms with Gasteiger partial charge in [0.15, 0.2) is 0 Å². The van der Waals surface area contributed by atoms with Crippen LogP contribution in [0.1, 0.15) is 12.8 Å². The van der Waals surface area contributed by atoms with E-state index in [1.807, 2.05) is 4.90 Å². The van der Waals surface area contributed by atoms with Gasteiger partial charge in [-0.3, -0.25) is 9.59 Å². The SMILES string of the molecule is CN1CCN(C(=O)CN2CCCC2=O)CC1.O=C(O)/C=C\C(=O)O. The molecule has 0 aliphatic carbocycles. The molecule has 9 heteroatoms. The van der Waals surface area contributed by atoms with E-state index in [0.717, 1.165) is 39.1 Å². The van der Waals surface area contributed by atoms with Crippen molar-refractivity contribution >= 4 is 23.8 Å². The standard InChI is InChI=1S/C11H19N3O2.C4H4O4/c1-12-5-7-13(8-6-12)11(16)9-14-4-2-3-10(14)15;5-3(6)1-2-4(7)8/h2-9H2,1H3;1-2H,(H,5,6)(H,7,8)/b;2-1-. The average molecular weight is 341 g/mol. The summed E-state index contributed by atoms with van der Waals surface area (Å²) in [6.07, 6.45) is 2.62. The number of aliphatic carboxylic acids is 2. The highest BCUT2D eigenvalue weighted by Crippen LogP contribution is 2.10. The molecule has 0 atom stereocenters. The van der Waals surface area contributed by atoms with Crippen LogP contribution in [-0.2, 0) is 19.2 Å². The van der Waals surface area contributed by atoms with E-state index in [2.05, 4.69) is 11.9 Å². The van der Waals surface area contributed by atoms with E-state index >= 15 is 0 Å². The fourth-order valence-electron chi connectivity index (χ4n) is 2.33. The second-order valence-corrected chi connectivity index (χ2v) is 5.61. The number of rotatable bonds is 4. The summed E-state index contributed by atoms with van der Waals surface area (Å²) in [5.74, 6) is -2.29. The van der Waals surface area contributed by atoms with Crippen molar-refractivity contribution in [2.24, 2.45) is 0 Å². The molecule has 0 spiro atoms. The summed E-state index contributed by atoms with van der Waals surface area (Å²) >= 11 is 0. The van der Waals surface area contributed by atoms with Crippen molar-refractivity contribution in [3.05, 3.63) is 12.2 Å². The Balaban J connectivity index is 0.000000307. The lowest BCUT2D eigenvalue weighted by Crippen LogP contribution is -2.50. The normalized spacial score (nSPS) is 18.5. The van der Waals surface area contributed by atoms with Gasteiger partial charge in [0.05, 0.1) is 6.54 Å². The summed E-state index contributed by atoms with van der Waals surface area (Å²) in [6.45, 7) is 4.47. The van der Waals surface area contributed by atoms with Gasteiger partial charge in [-0.05, 0) is 13.5 Å². The lowest BCUT2D eigenvalue weighted by atomic mass is 10.3. The third-order valence-corrected chi connectivity index (χ3v) is 3.72. The van der Waals surface area contributed by atoms with Crippen molar-refractivity contribution in [3.63, 3.8) is 0 Å². The summed E-state index contributed by atoms with van der Waals surface area (Å²) in [5, 5.41) is 15.6. The first-order chi connectivity index (χ1) is 11.3. The van der Waals surface area contributed by atoms with Crippen LogP contribution in [0.25, 0.3) is 0 Å². The molecule has 2 saturated heterocycles. The zero-order chi connectivity index (χ0) is 18.1. The molecule has 24 heavy (non-hydrogen) atoms. The molecule has 134 valence electrons. The van der Waals surface area contributed by atoms with Gasteiger partial charge in [0, 0.05) is 51.3 Å². The zero-order valence-corrected chi connectivity index (χ0v) is 13.7. The molecule has 2 amide bonds. The number of hydrogen-bond acceptors (Lipinski definition) is 5. The molecule has 2 heterocycles. The van der Waals surface area contributed by atoms with Gasteiger partial charge >= 0.3 is 11.9 Å². The van der Waals surface area contributed by atoms with Crippen LogP contribution in [0.3, 0.4) is 0 Å². The maximum absolute atomic E-state index is 11.9. The molecule has 9 nitrogen and oxygen atoms in total. The fraction of sp³-hybridized carbons (Fsp3) is 0.600. The Kier molecular flexibility index (Phi) is 7.90. The number of hydrogen-bond donors (Lipinski definition) is 2. The quantitative estimate of drug-likeness (QED) is 0.636. The van der Waals surface area contributed by atoms with Crippen LogP contribution >= 0.6 is 0 Å². The van der Waals surface area contributed by atoms with Crippen LogP contribution in [0.4, 0.5) is 0 Å². The van der Waals surface area contributed by atoms with Crippen molar-refractivity contribution in [2.75, 3.05) is 46.3 Å². The number of amides is 2. The van der Waals surface area contributed by atoms with Crippen molar-refractivity contribution in [2.45, 2.75) is 12.8 Å². The van der Waals surface area contributed by atoms with E-state index in [1.54, 1.807) is 4.90 Å². The number of carboxylic acids is 2. The van der Waals surface area contributed by atoms with Crippen LogP contribution in [0.2, 0.25) is 0 Å². The van der Waals surface area contributed by atoms with E-state index in [0.29, 0.717) is 18.6 Å². The first kappa shape index (κ1) is 19.6. The Labute approximate surface area is 140 Å². The monoisotopic (exact) mass is 341 g/mol. The van der Waals surface area contributed by atoms with E-state index in [9.17, 15) is 19.2 Å². The Morgan fingerprint density at radius 1 is 1.00 bits per heavy atom. The van der Waals surface area contributed by atoms with Gasteiger partial charge in [0.2, 0.25) is 11.8 Å². The minimum absolute atomic E-state index is 0.100. The predicted molar refractivity (Wildman–Crippen MR) is 84.3 cm³/mol. The van der Waals surface area contributed by atoms with Crippen LogP contribution in [0.5, 0.6) is 0 Å². The number of likely N-dealkylation sites (tertiary alicyclic amines) is 1. The van der Waals surface area contributed by atoms with Gasteiger partial charge in [0.1, 0.15) is 0 Å². The number of carbonyl (C=O) groups excluding carboxylic acids is 2. The summed E-state index contributed by atoms with van der Waals surface area (Å²) < 4.78 is 0. The zero-order valence-electron chi connectivity index (χ0n) is 13.7. The van der Waals surface area contributed by atoms with E-state index < -0.39 is 11.9 Å². The fourth-order valence-corrected chi connectivity index (χ4v) is 2.33. The predicted octanol–water partition coefficient (Wildman–Crippen LogP) is -0.905. The lowest BCUT2D eigenvalue weighted by Gasteiger charge is -2.33. The van der Waals surface area contributed by atoms with E-state index in [1.165, 1.54) is 0 Å². The molecule has 2 rings (SSSR count). The maximum Gasteiger partial charge on any atom is 0.328 e. The van der Waals surface area contributed by atoms with Crippen molar-refractivity contribution in [1.29, 1.82) is 0 Å². The molecule has 2 aliphatic rings. The third kappa shape index (κ3) is 7.23. The molecule has 0 bridgehead atoms. The third-order valence-electron chi connectivity index (χ3n) is 3.72. The van der Waals surface area contributed by atoms with Crippen LogP contribution in [0.15, 0.2) is 12.2 Å². The van der Waals surface area contributed by atoms with Gasteiger partial charge in [-0.15, -0.1) is 0 Å². The second kappa shape index (κ2) is 9.66. The molecule has 0 saturated carbocycles. The molecule has 0 unspecified atom stereocenters. The first-order valence-electron chi connectivity index (χ1n) is 7.67. The van der Waals surface area contributed by atoms with Gasteiger partial charge in [-0.1, -0.05) is 0 Å². The Bertz CT molecular complexity index is 495. The van der Waals surface area contributed by atoms with Gasteiger partial charge in [-0.25, -0.2) is 9.59 Å². The van der Waals surface area contributed by atoms with E-state index in [-0.39, 0.29) is 18.4 Å². The van der Waals surface area contributed by atoms with Crippen molar-refractivity contribution in [3.8, 4) is 0 Å². The minimum atomic E-state index is -1.26. The minimum Gasteiger partial charge on any atom is -0.478 e. The number of carboxylic acid groups (broad SMARTS) is 2.